The molecule has 108 valence electrons. The summed E-state index contributed by atoms with van der Waals surface area (Å²) in [6.45, 7) is 3.45. The van der Waals surface area contributed by atoms with E-state index in [0.717, 1.165) is 0 Å². The lowest BCUT2D eigenvalue weighted by Gasteiger charge is -2.35. The van der Waals surface area contributed by atoms with Crippen LogP contribution in [0, 0.1) is 0 Å². The van der Waals surface area contributed by atoms with E-state index in [0.29, 0.717) is 44.1 Å². The Labute approximate surface area is 117 Å². The minimum absolute atomic E-state index is 0.127. The zero-order valence-electron chi connectivity index (χ0n) is 11.7. The second-order valence-corrected chi connectivity index (χ2v) is 5.42. The maximum absolute atomic E-state index is 12.6. The summed E-state index contributed by atoms with van der Waals surface area (Å²) in [6, 6.07) is 3.41. The van der Waals surface area contributed by atoms with Gasteiger partial charge in [-0.2, -0.15) is 0 Å². The van der Waals surface area contributed by atoms with Gasteiger partial charge in [-0.3, -0.25) is 9.59 Å². The summed E-state index contributed by atoms with van der Waals surface area (Å²) in [5, 5.41) is 0. The summed E-state index contributed by atoms with van der Waals surface area (Å²) in [6.07, 6.45) is 1.19. The molecule has 0 radical (unpaired) electrons. The lowest BCUT2D eigenvalue weighted by molar-refractivity contribution is -0.130. The van der Waals surface area contributed by atoms with E-state index in [1.807, 2.05) is 6.92 Å². The first kappa shape index (κ1) is 13.2. The zero-order valence-corrected chi connectivity index (χ0v) is 11.7. The Hall–Kier alpha value is -1.82. The number of amides is 2. The van der Waals surface area contributed by atoms with Crippen LogP contribution in [0.2, 0.25) is 0 Å². The standard InChI is InChI=1S/C14H18N2O4/c1-14-6-5-12(17)15(14)7-8-16(14)13(18)11-4-3-10(20-11)9-19-2/h3-4H,5-9H2,1-2H3/t14-/m1/s1. The molecule has 3 rings (SSSR count). The minimum Gasteiger partial charge on any atom is -0.453 e. The second kappa shape index (κ2) is 4.63. The summed E-state index contributed by atoms with van der Waals surface area (Å²) in [5.74, 6) is 0.897. The SMILES string of the molecule is COCc1ccc(C(=O)N2CCN3C(=O)CC[C@]32C)o1. The van der Waals surface area contributed by atoms with E-state index in [4.69, 9.17) is 9.15 Å². The van der Waals surface area contributed by atoms with Crippen LogP contribution in [0.25, 0.3) is 0 Å². The Kier molecular flexibility index (Phi) is 3.05. The number of ether oxygens (including phenoxy) is 1. The molecule has 1 atom stereocenters. The third kappa shape index (κ3) is 1.83. The van der Waals surface area contributed by atoms with Crippen molar-refractivity contribution in [1.29, 1.82) is 0 Å². The predicted octanol–water partition coefficient (Wildman–Crippen LogP) is 1.22. The zero-order chi connectivity index (χ0) is 14.3. The molecule has 20 heavy (non-hydrogen) atoms. The molecule has 0 saturated carbocycles. The fourth-order valence-corrected chi connectivity index (χ4v) is 3.14. The maximum Gasteiger partial charge on any atom is 0.291 e. The number of fused-ring (bicyclic) bond motifs is 1. The van der Waals surface area contributed by atoms with Gasteiger partial charge in [0, 0.05) is 26.6 Å². The van der Waals surface area contributed by atoms with Crippen molar-refractivity contribution in [2.24, 2.45) is 0 Å². The quantitative estimate of drug-likeness (QED) is 0.834. The number of furan rings is 1. The topological polar surface area (TPSA) is 63.0 Å². The van der Waals surface area contributed by atoms with Crippen LogP contribution < -0.4 is 0 Å². The van der Waals surface area contributed by atoms with Crippen molar-refractivity contribution in [3.05, 3.63) is 23.7 Å². The molecule has 6 heteroatoms. The summed E-state index contributed by atoms with van der Waals surface area (Å²) >= 11 is 0. The number of carbonyl (C=O) groups is 2. The van der Waals surface area contributed by atoms with E-state index >= 15 is 0 Å². The third-order valence-electron chi connectivity index (χ3n) is 4.23. The monoisotopic (exact) mass is 278 g/mol. The highest BCUT2D eigenvalue weighted by Crippen LogP contribution is 2.38. The van der Waals surface area contributed by atoms with Gasteiger partial charge in [-0.1, -0.05) is 0 Å². The molecule has 0 bridgehead atoms. The highest BCUT2D eigenvalue weighted by atomic mass is 16.5. The van der Waals surface area contributed by atoms with Crippen molar-refractivity contribution in [3.8, 4) is 0 Å². The number of carbonyl (C=O) groups excluding carboxylic acids is 2. The van der Waals surface area contributed by atoms with Crippen LogP contribution in [0.3, 0.4) is 0 Å². The van der Waals surface area contributed by atoms with Crippen molar-refractivity contribution >= 4 is 11.8 Å². The molecule has 2 amide bonds. The largest absolute Gasteiger partial charge is 0.453 e. The molecule has 2 aliphatic rings. The Balaban J connectivity index is 1.82. The Bertz CT molecular complexity index is 553. The van der Waals surface area contributed by atoms with E-state index in [1.165, 1.54) is 0 Å². The van der Waals surface area contributed by atoms with Gasteiger partial charge in [0.25, 0.3) is 5.91 Å². The number of nitrogens with zero attached hydrogens (tertiary/aromatic N) is 2. The fourth-order valence-electron chi connectivity index (χ4n) is 3.14. The normalized spacial score (nSPS) is 25.4. The van der Waals surface area contributed by atoms with Crippen molar-refractivity contribution in [2.75, 3.05) is 20.2 Å². The Morgan fingerprint density at radius 3 is 3.00 bits per heavy atom. The fraction of sp³-hybridized carbons (Fsp3) is 0.571. The molecule has 0 aromatic carbocycles. The molecule has 0 unspecified atom stereocenters. The van der Waals surface area contributed by atoms with Gasteiger partial charge in [-0.05, 0) is 25.5 Å². The molecule has 0 spiro atoms. The van der Waals surface area contributed by atoms with E-state index in [9.17, 15) is 9.59 Å². The maximum atomic E-state index is 12.6. The average molecular weight is 278 g/mol. The molecule has 1 aromatic heterocycles. The molecule has 1 aromatic rings. The van der Waals surface area contributed by atoms with Gasteiger partial charge in [0.05, 0.1) is 0 Å². The van der Waals surface area contributed by atoms with Crippen LogP contribution in [0.5, 0.6) is 0 Å². The van der Waals surface area contributed by atoms with Gasteiger partial charge < -0.3 is 19.0 Å². The van der Waals surface area contributed by atoms with E-state index in [1.54, 1.807) is 29.0 Å². The van der Waals surface area contributed by atoms with E-state index in [-0.39, 0.29) is 11.8 Å². The molecular weight excluding hydrogens is 260 g/mol. The molecular formula is C14H18N2O4. The van der Waals surface area contributed by atoms with Crippen LogP contribution in [-0.4, -0.2) is 47.5 Å². The van der Waals surface area contributed by atoms with Crippen LogP contribution in [0.1, 0.15) is 36.1 Å². The molecule has 2 aliphatic heterocycles. The van der Waals surface area contributed by atoms with Gasteiger partial charge in [-0.15, -0.1) is 0 Å². The average Bonchev–Trinajstić information content (AvgIpc) is 3.07. The summed E-state index contributed by atoms with van der Waals surface area (Å²) in [4.78, 5) is 27.9. The first-order valence-electron chi connectivity index (χ1n) is 6.76. The minimum atomic E-state index is -0.498. The van der Waals surface area contributed by atoms with Crippen LogP contribution in [0.4, 0.5) is 0 Å². The molecule has 2 fully saturated rings. The van der Waals surface area contributed by atoms with Gasteiger partial charge >= 0.3 is 0 Å². The third-order valence-corrected chi connectivity index (χ3v) is 4.23. The highest BCUT2D eigenvalue weighted by Gasteiger charge is 2.52. The highest BCUT2D eigenvalue weighted by molar-refractivity contribution is 5.93. The van der Waals surface area contributed by atoms with Gasteiger partial charge in [-0.25, -0.2) is 0 Å². The van der Waals surface area contributed by atoms with Crippen molar-refractivity contribution < 1.29 is 18.7 Å². The Morgan fingerprint density at radius 1 is 1.45 bits per heavy atom. The molecule has 2 saturated heterocycles. The number of methoxy groups -OCH3 is 1. The Morgan fingerprint density at radius 2 is 2.25 bits per heavy atom. The second-order valence-electron chi connectivity index (χ2n) is 5.42. The number of hydrogen-bond donors (Lipinski definition) is 0. The molecule has 0 aliphatic carbocycles. The smallest absolute Gasteiger partial charge is 0.291 e. The van der Waals surface area contributed by atoms with Crippen molar-refractivity contribution in [2.45, 2.75) is 32.0 Å². The van der Waals surface area contributed by atoms with E-state index < -0.39 is 5.66 Å². The lowest BCUT2D eigenvalue weighted by atomic mass is 10.1. The van der Waals surface area contributed by atoms with Crippen LogP contribution in [-0.2, 0) is 16.1 Å². The van der Waals surface area contributed by atoms with Crippen molar-refractivity contribution in [1.82, 2.24) is 9.80 Å². The van der Waals surface area contributed by atoms with Gasteiger partial charge in [0.15, 0.2) is 5.76 Å². The first-order valence-corrected chi connectivity index (χ1v) is 6.76. The first-order chi connectivity index (χ1) is 9.56. The number of hydrogen-bond acceptors (Lipinski definition) is 4. The van der Waals surface area contributed by atoms with Crippen LogP contribution >= 0.6 is 0 Å². The molecule has 6 nitrogen and oxygen atoms in total. The van der Waals surface area contributed by atoms with Crippen molar-refractivity contribution in [3.63, 3.8) is 0 Å². The number of rotatable bonds is 3. The summed E-state index contributed by atoms with van der Waals surface area (Å²) in [5.41, 5.74) is -0.498. The summed E-state index contributed by atoms with van der Waals surface area (Å²) < 4.78 is 10.5. The van der Waals surface area contributed by atoms with Gasteiger partial charge in [0.1, 0.15) is 18.0 Å². The van der Waals surface area contributed by atoms with Gasteiger partial charge in [0.2, 0.25) is 5.91 Å². The summed E-state index contributed by atoms with van der Waals surface area (Å²) in [7, 11) is 1.58. The van der Waals surface area contributed by atoms with E-state index in [2.05, 4.69) is 0 Å². The van der Waals surface area contributed by atoms with Crippen LogP contribution in [0.15, 0.2) is 16.5 Å². The predicted molar refractivity (Wildman–Crippen MR) is 69.8 cm³/mol. The molecule has 0 N–H and O–H groups in total. The lowest BCUT2D eigenvalue weighted by Crippen LogP contribution is -2.50. The molecule has 3 heterocycles.